The van der Waals surface area contributed by atoms with Crippen LogP contribution in [-0.2, 0) is 13.0 Å². The first-order valence-corrected chi connectivity index (χ1v) is 9.88. The van der Waals surface area contributed by atoms with Crippen LogP contribution in [0.1, 0.15) is 24.2 Å². The van der Waals surface area contributed by atoms with Gasteiger partial charge in [-0.3, -0.25) is 9.89 Å². The Morgan fingerprint density at radius 1 is 1.25 bits per heavy atom. The summed E-state index contributed by atoms with van der Waals surface area (Å²) in [6.45, 7) is 8.00. The molecule has 2 N–H and O–H groups in total. The summed E-state index contributed by atoms with van der Waals surface area (Å²) in [7, 11) is 0. The van der Waals surface area contributed by atoms with E-state index in [1.54, 1.807) is 6.26 Å². The monoisotopic (exact) mass is 384 g/mol. The summed E-state index contributed by atoms with van der Waals surface area (Å²) >= 11 is 0. The zero-order valence-corrected chi connectivity index (χ0v) is 16.2. The third-order valence-electron chi connectivity index (χ3n) is 4.87. The summed E-state index contributed by atoms with van der Waals surface area (Å²) in [6.07, 6.45) is 6.40. The van der Waals surface area contributed by atoms with Crippen molar-refractivity contribution < 1.29 is 8.81 Å². The molecule has 0 radical (unpaired) electrons. The van der Waals surface area contributed by atoms with Crippen molar-refractivity contribution in [1.82, 2.24) is 15.5 Å². The van der Waals surface area contributed by atoms with Gasteiger partial charge in [-0.1, -0.05) is 18.2 Å². The van der Waals surface area contributed by atoms with Crippen molar-refractivity contribution in [2.24, 2.45) is 4.99 Å². The molecule has 1 aliphatic rings. The van der Waals surface area contributed by atoms with E-state index in [4.69, 9.17) is 4.42 Å². The molecular weight excluding hydrogens is 355 g/mol. The summed E-state index contributed by atoms with van der Waals surface area (Å²) in [5, 5.41) is 6.84. The number of hydrogen-bond donors (Lipinski definition) is 2. The van der Waals surface area contributed by atoms with E-state index in [-0.39, 0.29) is 5.82 Å². The number of nitrogens with one attached hydrogen (secondary N) is 2. The smallest absolute Gasteiger partial charge is 0.191 e. The van der Waals surface area contributed by atoms with Crippen LogP contribution in [0.25, 0.3) is 0 Å². The topological polar surface area (TPSA) is 52.8 Å². The highest BCUT2D eigenvalue weighted by Gasteiger charge is 2.20. The number of rotatable bonds is 8. The molecule has 0 atom stereocenters. The highest BCUT2D eigenvalue weighted by atomic mass is 19.1. The van der Waals surface area contributed by atoms with Gasteiger partial charge in [-0.2, -0.15) is 0 Å². The summed E-state index contributed by atoms with van der Waals surface area (Å²) in [5.74, 6) is 1.59. The lowest BCUT2D eigenvalue weighted by molar-refractivity contribution is 0.198. The van der Waals surface area contributed by atoms with Crippen molar-refractivity contribution in [3.05, 3.63) is 72.5 Å². The van der Waals surface area contributed by atoms with Crippen molar-refractivity contribution >= 4 is 5.96 Å². The number of piperidine rings is 1. The molecule has 0 unspecified atom stereocenters. The zero-order valence-electron chi connectivity index (χ0n) is 16.2. The number of halogens is 1. The van der Waals surface area contributed by atoms with Crippen LogP contribution in [0.2, 0.25) is 0 Å². The Morgan fingerprint density at radius 2 is 2.04 bits per heavy atom. The minimum atomic E-state index is -0.183. The minimum absolute atomic E-state index is 0.183. The summed E-state index contributed by atoms with van der Waals surface area (Å²) in [5.41, 5.74) is 1.15. The first kappa shape index (κ1) is 20.1. The number of hydrogen-bond acceptors (Lipinski definition) is 3. The van der Waals surface area contributed by atoms with Gasteiger partial charge in [0.1, 0.15) is 11.6 Å². The molecule has 2 heterocycles. The van der Waals surface area contributed by atoms with Gasteiger partial charge in [0.15, 0.2) is 5.96 Å². The van der Waals surface area contributed by atoms with E-state index in [2.05, 4.69) is 27.1 Å². The van der Waals surface area contributed by atoms with Crippen molar-refractivity contribution in [1.29, 1.82) is 0 Å². The van der Waals surface area contributed by atoms with E-state index in [1.165, 1.54) is 12.1 Å². The van der Waals surface area contributed by atoms with Crippen LogP contribution >= 0.6 is 0 Å². The molecule has 5 nitrogen and oxygen atoms in total. The van der Waals surface area contributed by atoms with Crippen molar-refractivity contribution in [3.8, 4) is 0 Å². The molecule has 1 saturated heterocycles. The molecule has 2 aromatic rings. The maximum Gasteiger partial charge on any atom is 0.191 e. The first-order chi connectivity index (χ1) is 13.7. The van der Waals surface area contributed by atoms with E-state index in [0.717, 1.165) is 56.2 Å². The van der Waals surface area contributed by atoms with Crippen LogP contribution in [0.3, 0.4) is 0 Å². The Kier molecular flexibility index (Phi) is 7.67. The largest absolute Gasteiger partial charge is 0.469 e. The fourth-order valence-electron chi connectivity index (χ4n) is 3.33. The number of guanidine groups is 1. The third-order valence-corrected chi connectivity index (χ3v) is 4.87. The normalized spacial score (nSPS) is 16.1. The first-order valence-electron chi connectivity index (χ1n) is 9.88. The van der Waals surface area contributed by atoms with Gasteiger partial charge < -0.3 is 15.1 Å². The van der Waals surface area contributed by atoms with Crippen molar-refractivity contribution in [2.45, 2.75) is 31.8 Å². The van der Waals surface area contributed by atoms with Crippen molar-refractivity contribution in [3.63, 3.8) is 0 Å². The predicted molar refractivity (Wildman–Crippen MR) is 111 cm³/mol. The van der Waals surface area contributed by atoms with Crippen LogP contribution in [0.15, 0.2) is 64.7 Å². The average Bonchev–Trinajstić information content (AvgIpc) is 3.23. The lowest BCUT2D eigenvalue weighted by Gasteiger charge is -2.33. The third kappa shape index (κ3) is 6.53. The number of likely N-dealkylation sites (tertiary alicyclic amines) is 1. The molecule has 3 rings (SSSR count). The second-order valence-electron chi connectivity index (χ2n) is 7.05. The number of benzene rings is 1. The Balaban J connectivity index is 1.45. The van der Waals surface area contributed by atoms with Gasteiger partial charge in [-0.05, 0) is 42.7 Å². The second kappa shape index (κ2) is 10.7. The van der Waals surface area contributed by atoms with Gasteiger partial charge in [-0.25, -0.2) is 4.39 Å². The van der Waals surface area contributed by atoms with E-state index >= 15 is 0 Å². The Hall–Kier alpha value is -2.60. The maximum atomic E-state index is 13.0. The quantitative estimate of drug-likeness (QED) is 0.416. The molecule has 28 heavy (non-hydrogen) atoms. The molecule has 6 heteroatoms. The second-order valence-corrected chi connectivity index (χ2v) is 7.05. The lowest BCUT2D eigenvalue weighted by atomic mass is 10.0. The van der Waals surface area contributed by atoms with Gasteiger partial charge in [0.2, 0.25) is 0 Å². The van der Waals surface area contributed by atoms with Gasteiger partial charge >= 0.3 is 0 Å². The Morgan fingerprint density at radius 3 is 2.71 bits per heavy atom. The van der Waals surface area contributed by atoms with Crippen LogP contribution < -0.4 is 10.6 Å². The molecule has 1 aromatic heterocycles. The van der Waals surface area contributed by atoms with E-state index < -0.39 is 0 Å². The standard InChI is InChI=1S/C22H29FN4O/c1-2-12-24-22(25-13-9-21-4-3-16-28-21)26-20-10-14-27(15-11-20)17-18-5-7-19(23)8-6-18/h2-8,16,20H,1,9-15,17H2,(H2,24,25,26). The van der Waals surface area contributed by atoms with Gasteiger partial charge in [-0.15, -0.1) is 6.58 Å². The summed E-state index contributed by atoms with van der Waals surface area (Å²) < 4.78 is 18.4. The molecule has 0 aliphatic carbocycles. The number of furan rings is 1. The Labute approximate surface area is 166 Å². The van der Waals surface area contributed by atoms with E-state index in [9.17, 15) is 4.39 Å². The molecule has 150 valence electrons. The highest BCUT2D eigenvalue weighted by molar-refractivity contribution is 5.80. The number of aliphatic imine (C=N–C) groups is 1. The zero-order chi connectivity index (χ0) is 19.6. The van der Waals surface area contributed by atoms with E-state index in [0.29, 0.717) is 19.1 Å². The predicted octanol–water partition coefficient (Wildman–Crippen LogP) is 3.35. The summed E-state index contributed by atoms with van der Waals surface area (Å²) in [4.78, 5) is 7.08. The fraction of sp³-hybridized carbons (Fsp3) is 0.409. The molecule has 0 bridgehead atoms. The molecule has 1 fully saturated rings. The molecule has 0 spiro atoms. The van der Waals surface area contributed by atoms with Crippen molar-refractivity contribution in [2.75, 3.05) is 26.2 Å². The molecule has 1 aromatic carbocycles. The minimum Gasteiger partial charge on any atom is -0.469 e. The van der Waals surface area contributed by atoms with Gasteiger partial charge in [0.05, 0.1) is 6.26 Å². The lowest BCUT2D eigenvalue weighted by Crippen LogP contribution is -2.48. The SMILES string of the molecule is C=CCNC(=NCCc1ccco1)NC1CCN(Cc2ccc(F)cc2)CC1. The molecule has 0 saturated carbocycles. The number of nitrogens with zero attached hydrogens (tertiary/aromatic N) is 2. The van der Waals surface area contributed by atoms with E-state index in [1.807, 2.05) is 30.3 Å². The molecule has 0 amide bonds. The average molecular weight is 384 g/mol. The van der Waals surface area contributed by atoms with Gasteiger partial charge in [0.25, 0.3) is 0 Å². The van der Waals surface area contributed by atoms with Crippen LogP contribution in [0.4, 0.5) is 4.39 Å². The molecular formula is C22H29FN4O. The van der Waals surface area contributed by atoms with Gasteiger partial charge in [0, 0.05) is 45.2 Å². The van der Waals surface area contributed by atoms with Crippen LogP contribution in [0, 0.1) is 5.82 Å². The van der Waals surface area contributed by atoms with Crippen LogP contribution in [0.5, 0.6) is 0 Å². The Bertz CT molecular complexity index is 734. The molecule has 1 aliphatic heterocycles. The fourth-order valence-corrected chi connectivity index (χ4v) is 3.33. The highest BCUT2D eigenvalue weighted by Crippen LogP contribution is 2.14. The summed E-state index contributed by atoms with van der Waals surface area (Å²) in [6, 6.07) is 11.0. The van der Waals surface area contributed by atoms with Crippen LogP contribution in [-0.4, -0.2) is 43.1 Å². The maximum absolute atomic E-state index is 13.0.